The van der Waals surface area contributed by atoms with Crippen molar-refractivity contribution in [3.8, 4) is 0 Å². The first kappa shape index (κ1) is 10.8. The van der Waals surface area contributed by atoms with Crippen LogP contribution in [0.2, 0.25) is 0 Å². The molecule has 0 saturated carbocycles. The van der Waals surface area contributed by atoms with Gasteiger partial charge in [0.2, 0.25) is 0 Å². The zero-order chi connectivity index (χ0) is 11.1. The molecule has 1 aromatic carbocycles. The number of nitrogens with one attached hydrogen (secondary N) is 1. The highest BCUT2D eigenvalue weighted by atomic mass is 15.1. The second-order valence-corrected chi connectivity index (χ2v) is 2.85. The Morgan fingerprint density at radius 2 is 2.40 bits per heavy atom. The average molecular weight is 201 g/mol. The summed E-state index contributed by atoms with van der Waals surface area (Å²) >= 11 is 0. The Hall–Kier alpha value is -2.26. The smallest absolute Gasteiger partial charge is 0.122 e. The number of hydrogen-bond donors (Lipinski definition) is 2. The number of nitrogens with two attached hydrogens (primary N) is 1. The van der Waals surface area contributed by atoms with E-state index in [1.165, 1.54) is 0 Å². The summed E-state index contributed by atoms with van der Waals surface area (Å²) in [4.78, 5) is 2.63. The largest absolute Gasteiger partial charge is 0.384 e. The Kier molecular flexibility index (Phi) is 3.94. The molecule has 0 heterocycles. The van der Waals surface area contributed by atoms with Crippen molar-refractivity contribution in [2.24, 2.45) is 10.8 Å². The van der Waals surface area contributed by atoms with Gasteiger partial charge in [0.15, 0.2) is 0 Å². The molecule has 76 valence electrons. The van der Waals surface area contributed by atoms with Crippen LogP contribution in [0, 0.1) is 5.41 Å². The number of benzene rings is 1. The Balaban J connectivity index is 2.77. The third-order valence-electron chi connectivity index (χ3n) is 1.76. The van der Waals surface area contributed by atoms with Crippen LogP contribution in [0.25, 0.3) is 16.5 Å². The van der Waals surface area contributed by atoms with E-state index >= 15 is 0 Å². The molecule has 0 spiro atoms. The van der Waals surface area contributed by atoms with Crippen molar-refractivity contribution in [2.75, 3.05) is 6.54 Å². The topological polar surface area (TPSA) is 98.6 Å². The van der Waals surface area contributed by atoms with Gasteiger partial charge in [0.25, 0.3) is 0 Å². The molecule has 15 heavy (non-hydrogen) atoms. The van der Waals surface area contributed by atoms with Crippen LogP contribution in [0.15, 0.2) is 35.5 Å². The van der Waals surface area contributed by atoms with Crippen molar-refractivity contribution in [1.82, 2.24) is 0 Å². The van der Waals surface area contributed by atoms with E-state index in [2.05, 4.69) is 10.0 Å². The molecule has 0 aromatic heterocycles. The van der Waals surface area contributed by atoms with E-state index < -0.39 is 0 Å². The summed E-state index contributed by atoms with van der Waals surface area (Å²) in [5.41, 5.74) is 15.0. The second kappa shape index (κ2) is 5.47. The maximum Gasteiger partial charge on any atom is 0.122 e. The minimum absolute atomic E-state index is 0.0419. The standard InChI is InChI=1S/C10H11N5/c11-10(12)9-5-1-3-8(7-9)4-2-6-14-15-13/h1-5,7H,6H2,(H3,11,12). The first-order valence-corrected chi connectivity index (χ1v) is 4.36. The van der Waals surface area contributed by atoms with Crippen molar-refractivity contribution >= 4 is 11.9 Å². The number of hydrogen-bond acceptors (Lipinski definition) is 2. The molecule has 0 aliphatic carbocycles. The van der Waals surface area contributed by atoms with Gasteiger partial charge in [0.05, 0.1) is 0 Å². The van der Waals surface area contributed by atoms with Crippen LogP contribution in [-0.2, 0) is 0 Å². The van der Waals surface area contributed by atoms with Crippen LogP contribution in [0.1, 0.15) is 11.1 Å². The van der Waals surface area contributed by atoms with Crippen LogP contribution < -0.4 is 5.73 Å². The lowest BCUT2D eigenvalue weighted by Gasteiger charge is -1.98. The van der Waals surface area contributed by atoms with Gasteiger partial charge in [-0.15, -0.1) is 0 Å². The molecule has 5 heteroatoms. The quantitative estimate of drug-likeness (QED) is 0.252. The van der Waals surface area contributed by atoms with Crippen LogP contribution in [0.5, 0.6) is 0 Å². The lowest BCUT2D eigenvalue weighted by Crippen LogP contribution is -2.10. The Morgan fingerprint density at radius 1 is 1.60 bits per heavy atom. The van der Waals surface area contributed by atoms with E-state index in [9.17, 15) is 0 Å². The summed E-state index contributed by atoms with van der Waals surface area (Å²) in [5.74, 6) is 0.0419. The van der Waals surface area contributed by atoms with E-state index in [-0.39, 0.29) is 5.84 Å². The predicted octanol–water partition coefficient (Wildman–Crippen LogP) is 2.29. The first-order valence-electron chi connectivity index (χ1n) is 4.36. The fourth-order valence-corrected chi connectivity index (χ4v) is 1.08. The number of rotatable bonds is 4. The molecule has 1 rings (SSSR count). The van der Waals surface area contributed by atoms with Gasteiger partial charge in [-0.25, -0.2) is 0 Å². The van der Waals surface area contributed by atoms with Gasteiger partial charge < -0.3 is 5.73 Å². The van der Waals surface area contributed by atoms with Crippen molar-refractivity contribution in [2.45, 2.75) is 0 Å². The molecule has 0 radical (unpaired) electrons. The number of nitrogens with zero attached hydrogens (tertiary/aromatic N) is 3. The minimum Gasteiger partial charge on any atom is -0.384 e. The lowest BCUT2D eigenvalue weighted by atomic mass is 10.1. The SMILES string of the molecule is [N-]=[N+]=NCC=Cc1cccc(C(=N)N)c1. The van der Waals surface area contributed by atoms with Crippen LogP contribution >= 0.6 is 0 Å². The van der Waals surface area contributed by atoms with Gasteiger partial charge >= 0.3 is 0 Å². The molecule has 0 bridgehead atoms. The van der Waals surface area contributed by atoms with Crippen molar-refractivity contribution in [1.29, 1.82) is 5.41 Å². The highest BCUT2D eigenvalue weighted by molar-refractivity contribution is 5.95. The fraction of sp³-hybridized carbons (Fsp3) is 0.100. The molecule has 3 N–H and O–H groups in total. The van der Waals surface area contributed by atoms with E-state index in [1.807, 2.05) is 18.2 Å². The Bertz CT molecular complexity index is 429. The van der Waals surface area contributed by atoms with Crippen molar-refractivity contribution in [3.05, 3.63) is 51.9 Å². The molecular formula is C10H11N5. The third-order valence-corrected chi connectivity index (χ3v) is 1.76. The fourth-order valence-electron chi connectivity index (χ4n) is 1.08. The summed E-state index contributed by atoms with van der Waals surface area (Å²) in [6, 6.07) is 7.28. The summed E-state index contributed by atoms with van der Waals surface area (Å²) < 4.78 is 0. The van der Waals surface area contributed by atoms with Gasteiger partial charge in [0, 0.05) is 17.0 Å². The zero-order valence-electron chi connectivity index (χ0n) is 8.09. The van der Waals surface area contributed by atoms with E-state index in [0.717, 1.165) is 5.56 Å². The monoisotopic (exact) mass is 201 g/mol. The Morgan fingerprint density at radius 3 is 3.07 bits per heavy atom. The third kappa shape index (κ3) is 3.54. The molecule has 5 nitrogen and oxygen atoms in total. The second-order valence-electron chi connectivity index (χ2n) is 2.85. The maximum atomic E-state index is 8.06. The molecule has 0 amide bonds. The molecule has 0 saturated heterocycles. The van der Waals surface area contributed by atoms with Gasteiger partial charge in [-0.1, -0.05) is 35.5 Å². The van der Waals surface area contributed by atoms with Gasteiger partial charge in [-0.05, 0) is 17.2 Å². The zero-order valence-corrected chi connectivity index (χ0v) is 8.09. The van der Waals surface area contributed by atoms with Crippen molar-refractivity contribution < 1.29 is 0 Å². The molecule has 1 aromatic rings. The van der Waals surface area contributed by atoms with E-state index in [4.69, 9.17) is 16.7 Å². The number of amidine groups is 1. The Labute approximate surface area is 87.4 Å². The molecule has 0 aliphatic rings. The van der Waals surface area contributed by atoms with E-state index in [1.54, 1.807) is 18.2 Å². The predicted molar refractivity (Wildman–Crippen MR) is 60.5 cm³/mol. The van der Waals surface area contributed by atoms with Crippen LogP contribution in [0.4, 0.5) is 0 Å². The average Bonchev–Trinajstić information content (AvgIpc) is 2.25. The highest BCUT2D eigenvalue weighted by Gasteiger charge is 1.95. The summed E-state index contributed by atoms with van der Waals surface area (Å²) in [5, 5.41) is 10.6. The first-order chi connectivity index (χ1) is 7.24. The normalized spacial score (nSPS) is 9.87. The summed E-state index contributed by atoms with van der Waals surface area (Å²) in [6.45, 7) is 0.320. The van der Waals surface area contributed by atoms with Gasteiger partial charge in [-0.2, -0.15) is 0 Å². The lowest BCUT2D eigenvalue weighted by molar-refractivity contribution is 1.22. The van der Waals surface area contributed by atoms with Crippen LogP contribution in [-0.4, -0.2) is 12.4 Å². The van der Waals surface area contributed by atoms with Gasteiger partial charge in [0.1, 0.15) is 5.84 Å². The maximum absolute atomic E-state index is 8.06. The van der Waals surface area contributed by atoms with E-state index in [0.29, 0.717) is 12.1 Å². The summed E-state index contributed by atoms with van der Waals surface area (Å²) in [6.07, 6.45) is 3.57. The van der Waals surface area contributed by atoms with Crippen molar-refractivity contribution in [3.63, 3.8) is 0 Å². The number of azide groups is 1. The minimum atomic E-state index is 0.0419. The van der Waals surface area contributed by atoms with Gasteiger partial charge in [-0.3, -0.25) is 5.41 Å². The molecule has 0 unspecified atom stereocenters. The molecular weight excluding hydrogens is 190 g/mol. The summed E-state index contributed by atoms with van der Waals surface area (Å²) in [7, 11) is 0. The number of nitrogen functional groups attached to an aromatic ring is 1. The highest BCUT2D eigenvalue weighted by Crippen LogP contribution is 2.06. The molecule has 0 fully saturated rings. The molecule has 0 aliphatic heterocycles. The molecule has 0 atom stereocenters. The van der Waals surface area contributed by atoms with Crippen LogP contribution in [0.3, 0.4) is 0 Å².